The van der Waals surface area contributed by atoms with E-state index in [9.17, 15) is 4.79 Å². The molecule has 0 amide bonds. The predicted octanol–water partition coefficient (Wildman–Crippen LogP) is 1.31. The number of piperidine rings is 3. The van der Waals surface area contributed by atoms with Gasteiger partial charge in [-0.2, -0.15) is 0 Å². The summed E-state index contributed by atoms with van der Waals surface area (Å²) in [5.74, 6) is 1.91. The zero-order chi connectivity index (χ0) is 8.55. The third-order valence-corrected chi connectivity index (χ3v) is 3.34. The van der Waals surface area contributed by atoms with Crippen LogP contribution in [0.25, 0.3) is 0 Å². The molecule has 2 nitrogen and oxygen atoms in total. The number of fused-ring (bicyclic) bond motifs is 3. The van der Waals surface area contributed by atoms with Gasteiger partial charge in [0.2, 0.25) is 0 Å². The second kappa shape index (κ2) is 3.17. The van der Waals surface area contributed by atoms with Crippen LogP contribution in [0.1, 0.15) is 26.2 Å². The molecule has 12 heavy (non-hydrogen) atoms. The van der Waals surface area contributed by atoms with Crippen LogP contribution in [0, 0.1) is 11.8 Å². The molecule has 0 spiro atoms. The molecule has 3 rings (SSSR count). The summed E-state index contributed by atoms with van der Waals surface area (Å²) in [7, 11) is 0. The van der Waals surface area contributed by atoms with Gasteiger partial charge in [0.1, 0.15) is 5.78 Å². The van der Waals surface area contributed by atoms with Crippen molar-refractivity contribution in [2.24, 2.45) is 11.8 Å². The first-order chi connectivity index (χ1) is 5.75. The van der Waals surface area contributed by atoms with Crippen molar-refractivity contribution in [3.63, 3.8) is 0 Å². The number of Topliss-reactive ketones (excluding diaryl/α,β-unsaturated/α-hetero) is 1. The second-order valence-corrected chi connectivity index (χ2v) is 4.30. The monoisotopic (exact) mass is 167 g/mol. The van der Waals surface area contributed by atoms with E-state index in [2.05, 4.69) is 4.90 Å². The van der Waals surface area contributed by atoms with Crippen molar-refractivity contribution in [1.82, 2.24) is 4.90 Å². The van der Waals surface area contributed by atoms with E-state index in [1.54, 1.807) is 6.92 Å². The molecule has 0 N–H and O–H groups in total. The summed E-state index contributed by atoms with van der Waals surface area (Å²) in [5.41, 5.74) is 0. The van der Waals surface area contributed by atoms with E-state index in [1.165, 1.54) is 32.5 Å². The lowest BCUT2D eigenvalue weighted by atomic mass is 9.77. The van der Waals surface area contributed by atoms with Crippen LogP contribution in [0.3, 0.4) is 0 Å². The molecule has 2 bridgehead atoms. The van der Waals surface area contributed by atoms with E-state index in [-0.39, 0.29) is 0 Å². The van der Waals surface area contributed by atoms with Crippen molar-refractivity contribution in [2.75, 3.05) is 19.6 Å². The van der Waals surface area contributed by atoms with Crippen molar-refractivity contribution >= 4 is 5.78 Å². The lowest BCUT2D eigenvalue weighted by molar-refractivity contribution is -0.119. The van der Waals surface area contributed by atoms with E-state index in [0.29, 0.717) is 11.7 Å². The van der Waals surface area contributed by atoms with Crippen LogP contribution in [0.4, 0.5) is 0 Å². The number of hydrogen-bond acceptors (Lipinski definition) is 2. The molecule has 3 aliphatic heterocycles. The normalized spacial score (nSPS) is 39.9. The Morgan fingerprint density at radius 2 is 2.08 bits per heavy atom. The summed E-state index contributed by atoms with van der Waals surface area (Å²) in [5, 5.41) is 0. The van der Waals surface area contributed by atoms with Crippen LogP contribution in [0.5, 0.6) is 0 Å². The van der Waals surface area contributed by atoms with Crippen molar-refractivity contribution in [3.05, 3.63) is 0 Å². The van der Waals surface area contributed by atoms with Crippen LogP contribution < -0.4 is 0 Å². The Labute approximate surface area is 73.9 Å². The van der Waals surface area contributed by atoms with Gasteiger partial charge in [-0.25, -0.2) is 0 Å². The van der Waals surface area contributed by atoms with Crippen molar-refractivity contribution in [3.8, 4) is 0 Å². The summed E-state index contributed by atoms with van der Waals surface area (Å²) in [6.45, 7) is 5.46. The second-order valence-electron chi connectivity index (χ2n) is 4.30. The SMILES string of the molecule is CC(=O)C[C@@H]1CN2CCC1CC2. The van der Waals surface area contributed by atoms with Gasteiger partial charge in [-0.1, -0.05) is 0 Å². The third-order valence-electron chi connectivity index (χ3n) is 3.34. The van der Waals surface area contributed by atoms with Gasteiger partial charge in [-0.15, -0.1) is 0 Å². The molecular formula is C10H17NO. The number of nitrogens with zero attached hydrogens (tertiary/aromatic N) is 1. The van der Waals surface area contributed by atoms with Crippen LogP contribution in [-0.2, 0) is 4.79 Å². The topological polar surface area (TPSA) is 20.3 Å². The molecule has 0 unspecified atom stereocenters. The Bertz CT molecular complexity index is 182. The summed E-state index contributed by atoms with van der Waals surface area (Å²) in [6, 6.07) is 0. The molecule has 0 saturated carbocycles. The maximum Gasteiger partial charge on any atom is 0.130 e. The summed E-state index contributed by atoms with van der Waals surface area (Å²) in [6.07, 6.45) is 3.48. The minimum absolute atomic E-state index is 0.369. The highest BCUT2D eigenvalue weighted by atomic mass is 16.1. The summed E-state index contributed by atoms with van der Waals surface area (Å²) >= 11 is 0. The minimum Gasteiger partial charge on any atom is -0.303 e. The largest absolute Gasteiger partial charge is 0.303 e. The standard InChI is InChI=1S/C10H17NO/c1-8(12)6-10-7-11-4-2-9(10)3-5-11/h9-10H,2-7H2,1H3/t10-/m1/s1. The van der Waals surface area contributed by atoms with Gasteiger partial charge in [0, 0.05) is 13.0 Å². The molecular weight excluding hydrogens is 150 g/mol. The lowest BCUT2D eigenvalue weighted by Crippen LogP contribution is -2.47. The highest BCUT2D eigenvalue weighted by Gasteiger charge is 2.34. The fourth-order valence-corrected chi connectivity index (χ4v) is 2.69. The smallest absolute Gasteiger partial charge is 0.130 e. The van der Waals surface area contributed by atoms with Gasteiger partial charge in [0.25, 0.3) is 0 Å². The molecule has 3 saturated heterocycles. The van der Waals surface area contributed by atoms with Crippen LogP contribution in [-0.4, -0.2) is 30.3 Å². The van der Waals surface area contributed by atoms with Gasteiger partial charge >= 0.3 is 0 Å². The quantitative estimate of drug-likeness (QED) is 0.618. The molecule has 3 aliphatic rings. The van der Waals surface area contributed by atoms with Crippen molar-refractivity contribution in [2.45, 2.75) is 26.2 Å². The Morgan fingerprint density at radius 1 is 1.42 bits per heavy atom. The molecule has 0 radical (unpaired) electrons. The van der Waals surface area contributed by atoms with E-state index >= 15 is 0 Å². The fourth-order valence-electron chi connectivity index (χ4n) is 2.69. The van der Waals surface area contributed by atoms with E-state index in [0.717, 1.165) is 12.3 Å². The first kappa shape index (κ1) is 8.24. The van der Waals surface area contributed by atoms with Crippen LogP contribution >= 0.6 is 0 Å². The maximum atomic E-state index is 11.0. The third kappa shape index (κ3) is 1.53. The number of ketones is 1. The van der Waals surface area contributed by atoms with E-state index in [1.807, 2.05) is 0 Å². The number of carbonyl (C=O) groups excluding carboxylic acids is 1. The Kier molecular flexibility index (Phi) is 2.18. The van der Waals surface area contributed by atoms with E-state index in [4.69, 9.17) is 0 Å². The zero-order valence-electron chi connectivity index (χ0n) is 7.75. The Morgan fingerprint density at radius 3 is 2.50 bits per heavy atom. The highest BCUT2D eigenvalue weighted by Crippen LogP contribution is 2.34. The summed E-state index contributed by atoms with van der Waals surface area (Å²) < 4.78 is 0. The average Bonchev–Trinajstić information content (AvgIpc) is 2.05. The Balaban J connectivity index is 1.95. The lowest BCUT2D eigenvalue weighted by Gasteiger charge is -2.44. The van der Waals surface area contributed by atoms with Crippen LogP contribution in [0.2, 0.25) is 0 Å². The first-order valence-corrected chi connectivity index (χ1v) is 4.97. The first-order valence-electron chi connectivity index (χ1n) is 4.97. The molecule has 0 aromatic carbocycles. The van der Waals surface area contributed by atoms with Gasteiger partial charge in [-0.05, 0) is 44.7 Å². The summed E-state index contributed by atoms with van der Waals surface area (Å²) in [4.78, 5) is 13.5. The van der Waals surface area contributed by atoms with Gasteiger partial charge in [0.15, 0.2) is 0 Å². The Hall–Kier alpha value is -0.370. The molecule has 2 heteroatoms. The van der Waals surface area contributed by atoms with Crippen molar-refractivity contribution in [1.29, 1.82) is 0 Å². The fraction of sp³-hybridized carbons (Fsp3) is 0.900. The van der Waals surface area contributed by atoms with E-state index < -0.39 is 0 Å². The number of carbonyl (C=O) groups is 1. The molecule has 3 fully saturated rings. The number of rotatable bonds is 2. The van der Waals surface area contributed by atoms with Crippen molar-refractivity contribution < 1.29 is 4.79 Å². The predicted molar refractivity (Wildman–Crippen MR) is 48.0 cm³/mol. The zero-order valence-corrected chi connectivity index (χ0v) is 7.75. The molecule has 0 aliphatic carbocycles. The molecule has 68 valence electrons. The number of hydrogen-bond donors (Lipinski definition) is 0. The minimum atomic E-state index is 0.369. The molecule has 0 aromatic heterocycles. The van der Waals surface area contributed by atoms with Crippen LogP contribution in [0.15, 0.2) is 0 Å². The molecule has 1 atom stereocenters. The van der Waals surface area contributed by atoms with Gasteiger partial charge < -0.3 is 9.69 Å². The highest BCUT2D eigenvalue weighted by molar-refractivity contribution is 5.75. The molecule has 3 heterocycles. The molecule has 0 aromatic rings. The van der Waals surface area contributed by atoms with Gasteiger partial charge in [0.05, 0.1) is 0 Å². The van der Waals surface area contributed by atoms with Gasteiger partial charge in [-0.3, -0.25) is 0 Å². The maximum absolute atomic E-state index is 11.0. The average molecular weight is 167 g/mol.